The van der Waals surface area contributed by atoms with Crippen LogP contribution in [0.3, 0.4) is 0 Å². The minimum atomic E-state index is -0.846. The second kappa shape index (κ2) is 4.81. The van der Waals surface area contributed by atoms with Gasteiger partial charge in [0.2, 0.25) is 0 Å². The fraction of sp³-hybridized carbons (Fsp3) is 0.632. The predicted octanol–water partition coefficient (Wildman–Crippen LogP) is 4.46. The highest BCUT2D eigenvalue weighted by atomic mass is 35.5. The number of hydrogen-bond donors (Lipinski definition) is 2. The Morgan fingerprint density at radius 3 is 2.67 bits per heavy atom. The molecule has 24 heavy (non-hydrogen) atoms. The number of phenolic OH excluding ortho intramolecular Hbond substituents is 2. The van der Waals surface area contributed by atoms with E-state index in [2.05, 4.69) is 13.8 Å². The summed E-state index contributed by atoms with van der Waals surface area (Å²) in [4.78, 5) is 12.9. The Morgan fingerprint density at radius 1 is 1.29 bits per heavy atom. The summed E-state index contributed by atoms with van der Waals surface area (Å²) in [5, 5.41) is 20.8. The summed E-state index contributed by atoms with van der Waals surface area (Å²) < 4.78 is 5.72. The summed E-state index contributed by atoms with van der Waals surface area (Å²) in [6, 6.07) is 1.82. The summed E-state index contributed by atoms with van der Waals surface area (Å²) >= 11 is 6.16. The Labute approximate surface area is 146 Å². The molecule has 1 saturated carbocycles. The third-order valence-electron chi connectivity index (χ3n) is 6.55. The summed E-state index contributed by atoms with van der Waals surface area (Å²) in [6.07, 6.45) is 3.01. The average molecular weight is 351 g/mol. The van der Waals surface area contributed by atoms with E-state index in [-0.39, 0.29) is 34.9 Å². The number of phenols is 2. The van der Waals surface area contributed by atoms with Crippen LogP contribution in [0.2, 0.25) is 0 Å². The topological polar surface area (TPSA) is 66.8 Å². The van der Waals surface area contributed by atoms with Crippen LogP contribution < -0.4 is 0 Å². The van der Waals surface area contributed by atoms with Crippen LogP contribution in [-0.4, -0.2) is 16.2 Å². The van der Waals surface area contributed by atoms with Crippen molar-refractivity contribution in [2.75, 3.05) is 0 Å². The van der Waals surface area contributed by atoms with E-state index in [1.54, 1.807) is 6.92 Å². The maximum Gasteiger partial charge on any atom is 0.317 e. The van der Waals surface area contributed by atoms with Gasteiger partial charge in [-0.05, 0) is 43.6 Å². The molecule has 3 unspecified atom stereocenters. The first-order valence-corrected chi connectivity index (χ1v) is 9.08. The first kappa shape index (κ1) is 16.1. The van der Waals surface area contributed by atoms with Crippen molar-refractivity contribution >= 4 is 17.6 Å². The maximum atomic E-state index is 12.9. The van der Waals surface area contributed by atoms with E-state index in [1.165, 1.54) is 0 Å². The van der Waals surface area contributed by atoms with Gasteiger partial charge in [0.15, 0.2) is 11.5 Å². The zero-order valence-electron chi connectivity index (χ0n) is 14.2. The van der Waals surface area contributed by atoms with Crippen molar-refractivity contribution in [2.24, 2.45) is 11.3 Å². The zero-order valence-corrected chi connectivity index (χ0v) is 15.0. The van der Waals surface area contributed by atoms with Gasteiger partial charge in [-0.15, -0.1) is 11.6 Å². The molecule has 0 amide bonds. The number of carbonyl (C=O) groups excluding carboxylic acids is 1. The molecule has 0 aromatic heterocycles. The van der Waals surface area contributed by atoms with Gasteiger partial charge in [-0.25, -0.2) is 0 Å². The zero-order chi connectivity index (χ0) is 17.4. The number of rotatable bonds is 1. The number of fused-ring (bicyclic) bond motifs is 1. The molecule has 1 aromatic carbocycles. The van der Waals surface area contributed by atoms with Gasteiger partial charge in [-0.2, -0.15) is 0 Å². The number of ether oxygens (including phenoxy) is 1. The molecule has 2 aliphatic heterocycles. The predicted molar refractivity (Wildman–Crippen MR) is 90.3 cm³/mol. The molecule has 1 spiro atoms. The van der Waals surface area contributed by atoms with Crippen LogP contribution in [0.4, 0.5) is 0 Å². The van der Waals surface area contributed by atoms with E-state index in [0.29, 0.717) is 17.5 Å². The smallest absolute Gasteiger partial charge is 0.317 e. The van der Waals surface area contributed by atoms with Crippen molar-refractivity contribution in [3.05, 3.63) is 22.8 Å². The Hall–Kier alpha value is -1.42. The molecular formula is C19H23ClO4. The molecule has 2 heterocycles. The highest BCUT2D eigenvalue weighted by Gasteiger charge is 2.65. The molecule has 2 aliphatic carbocycles. The van der Waals surface area contributed by atoms with Gasteiger partial charge in [0.05, 0.1) is 5.38 Å². The van der Waals surface area contributed by atoms with E-state index >= 15 is 0 Å². The fourth-order valence-electron chi connectivity index (χ4n) is 5.42. The lowest BCUT2D eigenvalue weighted by atomic mass is 9.47. The Balaban J connectivity index is 2.02. The molecule has 1 aromatic rings. The molecule has 130 valence electrons. The molecule has 4 nitrogen and oxygen atoms in total. The molecule has 2 fully saturated rings. The van der Waals surface area contributed by atoms with Crippen LogP contribution >= 0.6 is 11.6 Å². The third-order valence-corrected chi connectivity index (χ3v) is 6.78. The van der Waals surface area contributed by atoms with Crippen LogP contribution in [-0.2, 0) is 14.9 Å². The third kappa shape index (κ3) is 1.78. The standard InChI is InChI=1S/C19H23ClO4/c1-9(20)10-7-11-12-8-13-18(2,3)5-4-6-19(13,17(23)24-12)14(11)16(22)15(10)21/h7,9,12-13,21-22H,4-6,8H2,1-3H3/t9?,12?,13-,19?/m0/s1. The first-order valence-electron chi connectivity index (χ1n) is 8.64. The number of alkyl halides is 1. The van der Waals surface area contributed by atoms with Crippen molar-refractivity contribution in [3.8, 4) is 11.5 Å². The molecule has 4 atom stereocenters. The summed E-state index contributed by atoms with van der Waals surface area (Å²) in [5.41, 5.74) is 1.04. The molecule has 0 radical (unpaired) electrons. The minimum absolute atomic E-state index is 0.00582. The lowest BCUT2D eigenvalue weighted by Gasteiger charge is -2.58. The summed E-state index contributed by atoms with van der Waals surface area (Å²) in [7, 11) is 0. The molecule has 4 aliphatic rings. The van der Waals surface area contributed by atoms with Crippen LogP contribution in [0.1, 0.15) is 74.6 Å². The molecule has 2 bridgehead atoms. The largest absolute Gasteiger partial charge is 0.504 e. The number of benzene rings is 1. The van der Waals surface area contributed by atoms with E-state index in [0.717, 1.165) is 24.8 Å². The Kier molecular flexibility index (Phi) is 3.22. The van der Waals surface area contributed by atoms with E-state index in [9.17, 15) is 15.0 Å². The molecular weight excluding hydrogens is 328 g/mol. The minimum Gasteiger partial charge on any atom is -0.504 e. The van der Waals surface area contributed by atoms with Crippen molar-refractivity contribution in [1.29, 1.82) is 0 Å². The molecule has 2 N–H and O–H groups in total. The van der Waals surface area contributed by atoms with Gasteiger partial charge in [0, 0.05) is 16.7 Å². The molecule has 5 heteroatoms. The summed E-state index contributed by atoms with van der Waals surface area (Å²) in [5.74, 6) is -0.514. The van der Waals surface area contributed by atoms with Crippen molar-refractivity contribution in [1.82, 2.24) is 0 Å². The van der Waals surface area contributed by atoms with Crippen molar-refractivity contribution in [3.63, 3.8) is 0 Å². The molecule has 5 rings (SSSR count). The van der Waals surface area contributed by atoms with E-state index in [4.69, 9.17) is 16.3 Å². The van der Waals surface area contributed by atoms with Gasteiger partial charge < -0.3 is 14.9 Å². The highest BCUT2D eigenvalue weighted by Crippen LogP contribution is 2.66. The van der Waals surface area contributed by atoms with Crippen LogP contribution in [0, 0.1) is 11.3 Å². The van der Waals surface area contributed by atoms with Crippen LogP contribution in [0.15, 0.2) is 6.07 Å². The van der Waals surface area contributed by atoms with Gasteiger partial charge >= 0.3 is 5.97 Å². The van der Waals surface area contributed by atoms with Gasteiger partial charge in [-0.1, -0.05) is 20.3 Å². The normalized spacial score (nSPS) is 34.2. The summed E-state index contributed by atoms with van der Waals surface area (Å²) in [6.45, 7) is 6.14. The van der Waals surface area contributed by atoms with Gasteiger partial charge in [0.1, 0.15) is 11.5 Å². The SMILES string of the molecule is CC(Cl)c1cc2c(c(O)c1O)C13CCCC(C)(C)[C@@H]1CC2OC3=O. The number of halogens is 1. The lowest BCUT2D eigenvalue weighted by molar-refractivity contribution is -0.185. The second-order valence-electron chi connectivity index (χ2n) is 8.24. The number of aromatic hydroxyl groups is 2. The monoisotopic (exact) mass is 350 g/mol. The number of hydrogen-bond acceptors (Lipinski definition) is 4. The first-order chi connectivity index (χ1) is 11.2. The Morgan fingerprint density at radius 2 is 2.00 bits per heavy atom. The lowest BCUT2D eigenvalue weighted by Crippen LogP contribution is -2.59. The van der Waals surface area contributed by atoms with Crippen LogP contribution in [0.25, 0.3) is 0 Å². The van der Waals surface area contributed by atoms with Gasteiger partial charge in [-0.3, -0.25) is 4.79 Å². The van der Waals surface area contributed by atoms with Crippen molar-refractivity contribution in [2.45, 2.75) is 63.4 Å². The Bertz CT molecular complexity index is 739. The fourth-order valence-corrected chi connectivity index (χ4v) is 5.58. The average Bonchev–Trinajstić information content (AvgIpc) is 2.50. The second-order valence-corrected chi connectivity index (χ2v) is 8.89. The quantitative estimate of drug-likeness (QED) is 0.445. The van der Waals surface area contributed by atoms with Crippen molar-refractivity contribution < 1.29 is 19.7 Å². The number of esters is 1. The number of carbonyl (C=O) groups is 1. The molecule has 1 saturated heterocycles. The highest BCUT2D eigenvalue weighted by molar-refractivity contribution is 6.20. The van der Waals surface area contributed by atoms with Gasteiger partial charge in [0.25, 0.3) is 0 Å². The van der Waals surface area contributed by atoms with E-state index < -0.39 is 10.8 Å². The maximum absolute atomic E-state index is 12.9. The van der Waals surface area contributed by atoms with Crippen LogP contribution in [0.5, 0.6) is 11.5 Å². The van der Waals surface area contributed by atoms with E-state index in [1.807, 2.05) is 6.07 Å².